The van der Waals surface area contributed by atoms with Crippen LogP contribution in [0.1, 0.15) is 102 Å². The van der Waals surface area contributed by atoms with E-state index in [1.54, 1.807) is 12.4 Å². The number of ether oxygens (including phenoxy) is 2. The van der Waals surface area contributed by atoms with Gasteiger partial charge in [-0.15, -0.1) is 22.6 Å². The molecule has 0 aromatic heterocycles. The van der Waals surface area contributed by atoms with Gasteiger partial charge in [0.25, 0.3) is 0 Å². The molecule has 0 aliphatic carbocycles. The SMILES string of the molecule is CCCCCCCCOc1c(/C=N/N=C(N)N)ccc(/C=N/N=C(N)N)c1OCCCCCCCC.Cl. The maximum Gasteiger partial charge on any atom is 0.211 e. The molecule has 0 spiro atoms. The van der Waals surface area contributed by atoms with Crippen molar-refractivity contribution < 1.29 is 9.47 Å². The van der Waals surface area contributed by atoms with E-state index in [-0.39, 0.29) is 24.3 Å². The highest BCUT2D eigenvalue weighted by atomic mass is 35.5. The van der Waals surface area contributed by atoms with Crippen molar-refractivity contribution in [3.8, 4) is 11.5 Å². The van der Waals surface area contributed by atoms with Crippen LogP contribution in [0.5, 0.6) is 11.5 Å². The van der Waals surface area contributed by atoms with Gasteiger partial charge in [-0.3, -0.25) is 0 Å². The van der Waals surface area contributed by atoms with E-state index in [9.17, 15) is 0 Å². The fraction of sp³-hybridized carbons (Fsp3) is 0.615. The van der Waals surface area contributed by atoms with Gasteiger partial charge in [0.2, 0.25) is 11.9 Å². The highest BCUT2D eigenvalue weighted by Gasteiger charge is 2.15. The van der Waals surface area contributed by atoms with Gasteiger partial charge < -0.3 is 32.4 Å². The smallest absolute Gasteiger partial charge is 0.211 e. The van der Waals surface area contributed by atoms with Crippen LogP contribution in [-0.2, 0) is 0 Å². The third kappa shape index (κ3) is 16.4. The molecule has 0 bridgehead atoms. The minimum atomic E-state index is -0.124. The lowest BCUT2D eigenvalue weighted by molar-refractivity contribution is 0.258. The average molecular weight is 539 g/mol. The third-order valence-corrected chi connectivity index (χ3v) is 5.40. The van der Waals surface area contributed by atoms with Crippen LogP contribution < -0.4 is 32.4 Å². The zero-order valence-electron chi connectivity index (χ0n) is 22.5. The molecular formula is C26H47ClN8O2. The molecular weight excluding hydrogens is 492 g/mol. The topological polar surface area (TPSA) is 172 Å². The van der Waals surface area contributed by atoms with Gasteiger partial charge in [0, 0.05) is 11.1 Å². The third-order valence-electron chi connectivity index (χ3n) is 5.40. The predicted octanol–water partition coefficient (Wildman–Crippen LogP) is 4.80. The normalized spacial score (nSPS) is 10.9. The molecule has 11 heteroatoms. The van der Waals surface area contributed by atoms with E-state index in [1.807, 2.05) is 12.1 Å². The molecule has 0 saturated heterocycles. The molecule has 10 nitrogen and oxygen atoms in total. The summed E-state index contributed by atoms with van der Waals surface area (Å²) in [6.07, 6.45) is 17.1. The fourth-order valence-corrected chi connectivity index (χ4v) is 3.52. The van der Waals surface area contributed by atoms with Gasteiger partial charge in [0.05, 0.1) is 25.6 Å². The number of rotatable bonds is 20. The first-order chi connectivity index (χ1) is 17.5. The lowest BCUT2D eigenvalue weighted by atomic mass is 10.1. The van der Waals surface area contributed by atoms with Crippen molar-refractivity contribution in [1.29, 1.82) is 0 Å². The van der Waals surface area contributed by atoms with E-state index in [1.165, 1.54) is 51.4 Å². The van der Waals surface area contributed by atoms with E-state index in [4.69, 9.17) is 32.4 Å². The molecule has 1 aromatic rings. The summed E-state index contributed by atoms with van der Waals surface area (Å²) in [5.74, 6) is 0.887. The maximum absolute atomic E-state index is 6.24. The number of unbranched alkanes of at least 4 members (excludes halogenated alkanes) is 10. The van der Waals surface area contributed by atoms with Crippen molar-refractivity contribution in [2.24, 2.45) is 43.3 Å². The minimum Gasteiger partial charge on any atom is -0.489 e. The van der Waals surface area contributed by atoms with Gasteiger partial charge >= 0.3 is 0 Å². The summed E-state index contributed by atoms with van der Waals surface area (Å²) >= 11 is 0. The molecule has 0 fully saturated rings. The van der Waals surface area contributed by atoms with Crippen molar-refractivity contribution in [3.63, 3.8) is 0 Å². The monoisotopic (exact) mass is 538 g/mol. The largest absolute Gasteiger partial charge is 0.489 e. The van der Waals surface area contributed by atoms with Gasteiger partial charge in [-0.05, 0) is 25.0 Å². The first-order valence-electron chi connectivity index (χ1n) is 13.2. The second kappa shape index (κ2) is 22.2. The first-order valence-corrected chi connectivity index (χ1v) is 13.2. The molecule has 0 aliphatic heterocycles. The first kappa shape index (κ1) is 34.0. The number of halogens is 1. The number of nitrogens with two attached hydrogens (primary N) is 4. The van der Waals surface area contributed by atoms with Gasteiger partial charge in [-0.1, -0.05) is 78.1 Å². The van der Waals surface area contributed by atoms with Crippen molar-refractivity contribution in [2.75, 3.05) is 13.2 Å². The number of hydrogen-bond donors (Lipinski definition) is 4. The van der Waals surface area contributed by atoms with Gasteiger partial charge in [0.15, 0.2) is 11.5 Å². The van der Waals surface area contributed by atoms with Crippen molar-refractivity contribution in [2.45, 2.75) is 90.9 Å². The highest BCUT2D eigenvalue weighted by Crippen LogP contribution is 2.34. The molecule has 0 saturated carbocycles. The van der Waals surface area contributed by atoms with Crippen LogP contribution in [-0.4, -0.2) is 37.6 Å². The Morgan fingerprint density at radius 2 is 0.973 bits per heavy atom. The summed E-state index contributed by atoms with van der Waals surface area (Å²) in [5.41, 5.74) is 23.0. The lowest BCUT2D eigenvalue weighted by Gasteiger charge is -2.17. The summed E-state index contributed by atoms with van der Waals surface area (Å²) in [6.45, 7) is 5.53. The Morgan fingerprint density at radius 1 is 0.622 bits per heavy atom. The summed E-state index contributed by atoms with van der Waals surface area (Å²) in [4.78, 5) is 0. The van der Waals surface area contributed by atoms with Crippen LogP contribution in [0, 0.1) is 0 Å². The molecule has 1 rings (SSSR count). The van der Waals surface area contributed by atoms with E-state index < -0.39 is 0 Å². The molecule has 210 valence electrons. The fourth-order valence-electron chi connectivity index (χ4n) is 3.52. The Morgan fingerprint density at radius 3 is 1.32 bits per heavy atom. The molecule has 0 atom stereocenters. The van der Waals surface area contributed by atoms with Crippen molar-refractivity contribution in [3.05, 3.63) is 23.3 Å². The van der Waals surface area contributed by atoms with E-state index in [0.717, 1.165) is 25.7 Å². The van der Waals surface area contributed by atoms with Crippen LogP contribution in [0.4, 0.5) is 0 Å². The maximum atomic E-state index is 6.24. The molecule has 0 radical (unpaired) electrons. The zero-order valence-corrected chi connectivity index (χ0v) is 23.3. The van der Waals surface area contributed by atoms with Crippen LogP contribution in [0.25, 0.3) is 0 Å². The van der Waals surface area contributed by atoms with Gasteiger partial charge in [-0.25, -0.2) is 0 Å². The average Bonchev–Trinajstić information content (AvgIpc) is 2.84. The summed E-state index contributed by atoms with van der Waals surface area (Å²) in [6, 6.07) is 3.69. The number of hydrogen-bond acceptors (Lipinski definition) is 6. The molecule has 8 N–H and O–H groups in total. The Hall–Kier alpha value is -3.01. The Bertz CT molecular complexity index is 782. The van der Waals surface area contributed by atoms with Crippen LogP contribution in [0.2, 0.25) is 0 Å². The molecule has 0 aliphatic rings. The van der Waals surface area contributed by atoms with Crippen molar-refractivity contribution in [1.82, 2.24) is 0 Å². The number of guanidine groups is 2. The molecule has 0 unspecified atom stereocenters. The molecule has 1 aromatic carbocycles. The molecule has 0 amide bonds. The van der Waals surface area contributed by atoms with Gasteiger partial charge in [0.1, 0.15) is 0 Å². The summed E-state index contributed by atoms with van der Waals surface area (Å²) in [5, 5.41) is 15.3. The van der Waals surface area contributed by atoms with Crippen LogP contribution in [0.15, 0.2) is 32.5 Å². The second-order valence-electron chi connectivity index (χ2n) is 8.67. The lowest BCUT2D eigenvalue weighted by Crippen LogP contribution is -2.21. The summed E-state index contributed by atoms with van der Waals surface area (Å²) < 4.78 is 12.5. The molecule has 0 heterocycles. The molecule has 37 heavy (non-hydrogen) atoms. The Kier molecular flexibility index (Phi) is 20.4. The van der Waals surface area contributed by atoms with E-state index in [0.29, 0.717) is 35.8 Å². The van der Waals surface area contributed by atoms with Crippen LogP contribution in [0.3, 0.4) is 0 Å². The highest BCUT2D eigenvalue weighted by molar-refractivity contribution is 5.92. The van der Waals surface area contributed by atoms with E-state index >= 15 is 0 Å². The van der Waals surface area contributed by atoms with Crippen molar-refractivity contribution >= 4 is 36.8 Å². The Labute approximate surface area is 228 Å². The van der Waals surface area contributed by atoms with E-state index in [2.05, 4.69) is 34.3 Å². The van der Waals surface area contributed by atoms with Crippen LogP contribution >= 0.6 is 12.4 Å². The minimum absolute atomic E-state index is 0. The number of nitrogens with zero attached hydrogens (tertiary/aromatic N) is 4. The quantitative estimate of drug-likeness (QED) is 0.0802. The second-order valence-corrected chi connectivity index (χ2v) is 8.67. The Balaban J connectivity index is 0.0000130. The number of benzene rings is 1. The zero-order chi connectivity index (χ0) is 26.4. The standard InChI is InChI=1S/C26H46N8O2.ClH/c1-3-5-7-9-11-13-17-35-23-21(19-31-33-25(27)28)15-16-22(20-32-34-26(29)30)24(23)36-18-14-12-10-8-6-4-2;/h15-16,19-20H,3-14,17-18H2,1-2H3,(H4,27,28,33)(H4,29,30,34);1H/b31-19+,32-20+;. The predicted molar refractivity (Wildman–Crippen MR) is 158 cm³/mol. The van der Waals surface area contributed by atoms with Gasteiger partial charge in [-0.2, -0.15) is 10.2 Å². The summed E-state index contributed by atoms with van der Waals surface area (Å²) in [7, 11) is 0.